The zero-order valence-corrected chi connectivity index (χ0v) is 13.8. The Kier molecular flexibility index (Phi) is 7.99. The molecule has 2 unspecified atom stereocenters. The highest BCUT2D eigenvalue weighted by atomic mass is 35.5. The summed E-state index contributed by atoms with van der Waals surface area (Å²) in [7, 11) is 0. The van der Waals surface area contributed by atoms with Crippen LogP contribution in [0.1, 0.15) is 64.4 Å². The molecule has 0 bridgehead atoms. The van der Waals surface area contributed by atoms with Crippen molar-refractivity contribution in [3.63, 3.8) is 0 Å². The van der Waals surface area contributed by atoms with Crippen LogP contribution in [0.5, 0.6) is 0 Å². The summed E-state index contributed by atoms with van der Waals surface area (Å²) >= 11 is 6.82. The number of allylic oxidation sites excluding steroid dienone is 1. The van der Waals surface area contributed by atoms with Gasteiger partial charge in [-0.15, -0.1) is 18.2 Å². The molecule has 1 aromatic rings. The Morgan fingerprint density at radius 1 is 1.10 bits per heavy atom. The molecule has 0 heterocycles. The molecule has 2 atom stereocenters. The molecular formula is C19H29Cl. The maximum atomic E-state index is 6.82. The Morgan fingerprint density at radius 3 is 2.30 bits per heavy atom. The summed E-state index contributed by atoms with van der Waals surface area (Å²) in [5.41, 5.74) is 1.19. The first kappa shape index (κ1) is 17.3. The highest BCUT2D eigenvalue weighted by Gasteiger charge is 2.31. The van der Waals surface area contributed by atoms with Gasteiger partial charge in [0.05, 0.1) is 4.87 Å². The molecule has 0 aliphatic heterocycles. The highest BCUT2D eigenvalue weighted by molar-refractivity contribution is 6.24. The molecule has 0 amide bonds. The lowest BCUT2D eigenvalue weighted by atomic mass is 9.83. The molecule has 0 N–H and O–H groups in total. The van der Waals surface area contributed by atoms with Crippen molar-refractivity contribution in [3.8, 4) is 0 Å². The molecule has 112 valence electrons. The molecule has 0 radical (unpaired) electrons. The summed E-state index contributed by atoms with van der Waals surface area (Å²) in [6, 6.07) is 10.4. The molecule has 0 saturated carbocycles. The molecule has 0 aliphatic carbocycles. The zero-order valence-electron chi connectivity index (χ0n) is 13.1. The predicted octanol–water partition coefficient (Wildman–Crippen LogP) is 6.69. The number of benzene rings is 1. The summed E-state index contributed by atoms with van der Waals surface area (Å²) in [6.07, 6.45) is 11.1. The minimum absolute atomic E-state index is 0.331. The van der Waals surface area contributed by atoms with Crippen LogP contribution in [0.3, 0.4) is 0 Å². The van der Waals surface area contributed by atoms with E-state index in [9.17, 15) is 0 Å². The lowest BCUT2D eigenvalue weighted by Gasteiger charge is -2.30. The normalized spacial score (nSPS) is 15.6. The predicted molar refractivity (Wildman–Crippen MR) is 91.3 cm³/mol. The largest absolute Gasteiger partial charge is 0.114 e. The van der Waals surface area contributed by atoms with Gasteiger partial charge in [-0.1, -0.05) is 81.9 Å². The number of unbranched alkanes of at least 4 members (excludes halogenated alkanes) is 5. The quantitative estimate of drug-likeness (QED) is 0.256. The van der Waals surface area contributed by atoms with E-state index in [1.165, 1.54) is 44.1 Å². The molecule has 0 spiro atoms. The van der Waals surface area contributed by atoms with Crippen molar-refractivity contribution in [2.24, 2.45) is 5.92 Å². The summed E-state index contributed by atoms with van der Waals surface area (Å²) in [6.45, 7) is 8.37. The fraction of sp³-hybridized carbons (Fsp3) is 0.579. The summed E-state index contributed by atoms with van der Waals surface area (Å²) in [4.78, 5) is -0.341. The topological polar surface area (TPSA) is 0 Å². The molecule has 0 aromatic heterocycles. The second kappa shape index (κ2) is 9.23. The van der Waals surface area contributed by atoms with Crippen molar-refractivity contribution >= 4 is 11.6 Å². The van der Waals surface area contributed by atoms with Crippen LogP contribution in [0, 0.1) is 5.92 Å². The highest BCUT2D eigenvalue weighted by Crippen LogP contribution is 2.39. The minimum Gasteiger partial charge on any atom is -0.114 e. The van der Waals surface area contributed by atoms with Gasteiger partial charge in [-0.25, -0.2) is 0 Å². The van der Waals surface area contributed by atoms with E-state index in [2.05, 4.69) is 44.7 Å². The zero-order chi connectivity index (χ0) is 14.8. The Balaban J connectivity index is 2.47. The first-order chi connectivity index (χ1) is 9.62. The third-order valence-corrected chi connectivity index (χ3v) is 4.69. The van der Waals surface area contributed by atoms with Crippen LogP contribution < -0.4 is 0 Å². The van der Waals surface area contributed by atoms with Crippen molar-refractivity contribution < 1.29 is 0 Å². The first-order valence-corrected chi connectivity index (χ1v) is 8.37. The molecule has 1 heteroatoms. The van der Waals surface area contributed by atoms with E-state index in [0.717, 1.165) is 6.42 Å². The van der Waals surface area contributed by atoms with Crippen LogP contribution in [0.2, 0.25) is 0 Å². The summed E-state index contributed by atoms with van der Waals surface area (Å²) < 4.78 is 0. The van der Waals surface area contributed by atoms with Crippen LogP contribution in [0.25, 0.3) is 0 Å². The van der Waals surface area contributed by atoms with Gasteiger partial charge in [0.2, 0.25) is 0 Å². The van der Waals surface area contributed by atoms with Crippen molar-refractivity contribution in [1.82, 2.24) is 0 Å². The van der Waals surface area contributed by atoms with Gasteiger partial charge in [-0.05, 0) is 24.8 Å². The van der Waals surface area contributed by atoms with E-state index in [0.29, 0.717) is 5.92 Å². The Hall–Kier alpha value is -0.750. The van der Waals surface area contributed by atoms with E-state index in [1.807, 2.05) is 12.1 Å². The maximum absolute atomic E-state index is 6.82. The first-order valence-electron chi connectivity index (χ1n) is 8.00. The van der Waals surface area contributed by atoms with Gasteiger partial charge in [-0.3, -0.25) is 0 Å². The van der Waals surface area contributed by atoms with Crippen LogP contribution in [-0.2, 0) is 4.87 Å². The second-order valence-electron chi connectivity index (χ2n) is 5.84. The van der Waals surface area contributed by atoms with Crippen LogP contribution >= 0.6 is 11.6 Å². The lowest BCUT2D eigenvalue weighted by molar-refractivity contribution is 0.427. The average molecular weight is 293 g/mol. The van der Waals surface area contributed by atoms with Crippen molar-refractivity contribution in [3.05, 3.63) is 48.6 Å². The number of rotatable bonds is 10. The van der Waals surface area contributed by atoms with Gasteiger partial charge < -0.3 is 0 Å². The van der Waals surface area contributed by atoms with E-state index in [4.69, 9.17) is 11.6 Å². The number of hydrogen-bond acceptors (Lipinski definition) is 0. The van der Waals surface area contributed by atoms with Gasteiger partial charge in [0.25, 0.3) is 0 Å². The fourth-order valence-corrected chi connectivity index (χ4v) is 3.06. The summed E-state index contributed by atoms with van der Waals surface area (Å²) in [5, 5.41) is 0. The van der Waals surface area contributed by atoms with Crippen molar-refractivity contribution in [2.45, 2.75) is 63.7 Å². The maximum Gasteiger partial charge on any atom is 0.0729 e. The van der Waals surface area contributed by atoms with E-state index in [1.54, 1.807) is 0 Å². The molecule has 0 aliphatic rings. The monoisotopic (exact) mass is 292 g/mol. The molecule has 0 nitrogen and oxygen atoms in total. The Labute approximate surface area is 130 Å². The average Bonchev–Trinajstić information content (AvgIpc) is 2.47. The summed E-state index contributed by atoms with van der Waals surface area (Å²) in [5.74, 6) is 0.331. The van der Waals surface area contributed by atoms with Gasteiger partial charge in [0.15, 0.2) is 0 Å². The Morgan fingerprint density at radius 2 is 1.70 bits per heavy atom. The lowest BCUT2D eigenvalue weighted by Crippen LogP contribution is -2.24. The standard InChI is InChI=1S/C19H29Cl/c1-4-6-7-8-9-11-14-17(5-2)19(3,20)18-15-12-10-13-16-18/h5,10,12-13,15-17H,2,4,6-9,11,14H2,1,3H3. The number of alkyl halides is 1. The number of hydrogen-bond donors (Lipinski definition) is 0. The third-order valence-electron chi connectivity index (χ3n) is 4.19. The fourth-order valence-electron chi connectivity index (χ4n) is 2.73. The molecule has 1 aromatic carbocycles. The van der Waals surface area contributed by atoms with Gasteiger partial charge in [-0.2, -0.15) is 0 Å². The van der Waals surface area contributed by atoms with Crippen molar-refractivity contribution in [2.75, 3.05) is 0 Å². The van der Waals surface area contributed by atoms with Gasteiger partial charge in [0.1, 0.15) is 0 Å². The van der Waals surface area contributed by atoms with Crippen LogP contribution in [0.15, 0.2) is 43.0 Å². The molecular weight excluding hydrogens is 264 g/mol. The van der Waals surface area contributed by atoms with E-state index >= 15 is 0 Å². The molecule has 0 fully saturated rings. The smallest absolute Gasteiger partial charge is 0.0729 e. The van der Waals surface area contributed by atoms with Gasteiger partial charge >= 0.3 is 0 Å². The van der Waals surface area contributed by atoms with Crippen LogP contribution in [0.4, 0.5) is 0 Å². The van der Waals surface area contributed by atoms with E-state index < -0.39 is 0 Å². The SMILES string of the molecule is C=CC(CCCCCCCC)C(C)(Cl)c1ccccc1. The number of halogens is 1. The molecule has 0 saturated heterocycles. The van der Waals surface area contributed by atoms with Crippen molar-refractivity contribution in [1.29, 1.82) is 0 Å². The van der Waals surface area contributed by atoms with E-state index in [-0.39, 0.29) is 4.87 Å². The molecule has 1 rings (SSSR count). The Bertz CT molecular complexity index is 367. The minimum atomic E-state index is -0.341. The van der Waals surface area contributed by atoms with Gasteiger partial charge in [0, 0.05) is 0 Å². The third kappa shape index (κ3) is 5.32. The van der Waals surface area contributed by atoms with Crippen LogP contribution in [-0.4, -0.2) is 0 Å². The second-order valence-corrected chi connectivity index (χ2v) is 6.63. The molecule has 20 heavy (non-hydrogen) atoms.